The molecule has 5 heteroatoms. The van der Waals surface area contributed by atoms with Gasteiger partial charge in [-0.05, 0) is 18.2 Å². The van der Waals surface area contributed by atoms with Crippen molar-refractivity contribution < 1.29 is 9.60 Å². The van der Waals surface area contributed by atoms with E-state index in [1.165, 1.54) is 6.07 Å². The number of amidine groups is 1. The number of oxime groups is 1. The van der Waals surface area contributed by atoms with E-state index >= 15 is 0 Å². The summed E-state index contributed by atoms with van der Waals surface area (Å²) in [7, 11) is 0. The van der Waals surface area contributed by atoms with Crippen molar-refractivity contribution >= 4 is 5.84 Å². The van der Waals surface area contributed by atoms with Crippen LogP contribution in [-0.2, 0) is 0 Å². The van der Waals surface area contributed by atoms with E-state index in [2.05, 4.69) is 5.16 Å². The summed E-state index contributed by atoms with van der Waals surface area (Å²) in [6.07, 6.45) is 3.46. The van der Waals surface area contributed by atoms with Crippen LogP contribution >= 0.6 is 0 Å². The van der Waals surface area contributed by atoms with E-state index in [1.807, 2.05) is 0 Å². The summed E-state index contributed by atoms with van der Waals surface area (Å²) in [5.74, 6) is -0.455. The number of rotatable bonds is 3. The lowest BCUT2D eigenvalue weighted by Crippen LogP contribution is -2.28. The molecule has 4 nitrogen and oxygen atoms in total. The summed E-state index contributed by atoms with van der Waals surface area (Å²) in [6.45, 7) is 0. The molecular weight excluding hydrogens is 221 g/mol. The SMILES string of the molecule is N/C(=N\O)C(c1ccccc1F)n1cccc1. The fourth-order valence-corrected chi connectivity index (χ4v) is 1.74. The largest absolute Gasteiger partial charge is 0.409 e. The minimum absolute atomic E-state index is 0.0636. The molecule has 0 saturated carbocycles. The van der Waals surface area contributed by atoms with Gasteiger partial charge in [0.1, 0.15) is 11.9 Å². The molecule has 2 rings (SSSR count). The van der Waals surface area contributed by atoms with Crippen molar-refractivity contribution in [1.82, 2.24) is 4.57 Å². The maximum absolute atomic E-state index is 13.7. The molecule has 3 N–H and O–H groups in total. The molecule has 0 saturated heterocycles. The molecule has 0 aliphatic rings. The molecule has 1 unspecified atom stereocenters. The predicted octanol–water partition coefficient (Wildman–Crippen LogP) is 1.96. The summed E-state index contributed by atoms with van der Waals surface area (Å²) in [4.78, 5) is 0. The number of hydrogen-bond acceptors (Lipinski definition) is 2. The molecule has 1 heterocycles. The fourth-order valence-electron chi connectivity index (χ4n) is 1.74. The van der Waals surface area contributed by atoms with Crippen molar-refractivity contribution in [2.75, 3.05) is 0 Å². The van der Waals surface area contributed by atoms with Gasteiger partial charge in [0.25, 0.3) is 0 Å². The van der Waals surface area contributed by atoms with Crippen LogP contribution in [0, 0.1) is 5.82 Å². The zero-order chi connectivity index (χ0) is 12.3. The first-order chi connectivity index (χ1) is 8.24. The van der Waals surface area contributed by atoms with Gasteiger partial charge in [-0.15, -0.1) is 0 Å². The third kappa shape index (κ3) is 2.13. The average molecular weight is 233 g/mol. The molecule has 2 aromatic rings. The molecule has 1 atom stereocenters. The second-order valence-corrected chi connectivity index (χ2v) is 3.58. The topological polar surface area (TPSA) is 63.5 Å². The zero-order valence-electron chi connectivity index (χ0n) is 8.99. The molecule has 88 valence electrons. The monoisotopic (exact) mass is 233 g/mol. The lowest BCUT2D eigenvalue weighted by atomic mass is 10.1. The Balaban J connectivity index is 2.52. The summed E-state index contributed by atoms with van der Waals surface area (Å²) >= 11 is 0. The van der Waals surface area contributed by atoms with Gasteiger partial charge in [0.2, 0.25) is 0 Å². The van der Waals surface area contributed by atoms with Gasteiger partial charge in [-0.25, -0.2) is 4.39 Å². The first-order valence-electron chi connectivity index (χ1n) is 5.08. The van der Waals surface area contributed by atoms with Crippen molar-refractivity contribution in [3.63, 3.8) is 0 Å². The van der Waals surface area contributed by atoms with E-state index in [4.69, 9.17) is 10.9 Å². The van der Waals surface area contributed by atoms with Crippen LogP contribution in [-0.4, -0.2) is 15.6 Å². The highest BCUT2D eigenvalue weighted by Gasteiger charge is 2.20. The zero-order valence-corrected chi connectivity index (χ0v) is 8.99. The Morgan fingerprint density at radius 3 is 2.47 bits per heavy atom. The van der Waals surface area contributed by atoms with Crippen LogP contribution in [0.5, 0.6) is 0 Å². The summed E-state index contributed by atoms with van der Waals surface area (Å²) in [5.41, 5.74) is 5.98. The Hall–Kier alpha value is -2.30. The van der Waals surface area contributed by atoms with E-state index in [9.17, 15) is 4.39 Å². The molecule has 0 bridgehead atoms. The van der Waals surface area contributed by atoms with Crippen LogP contribution in [0.4, 0.5) is 4.39 Å². The number of nitrogens with two attached hydrogens (primary N) is 1. The quantitative estimate of drug-likeness (QED) is 0.368. The van der Waals surface area contributed by atoms with Crippen LogP contribution in [0.2, 0.25) is 0 Å². The lowest BCUT2D eigenvalue weighted by Gasteiger charge is -2.18. The van der Waals surface area contributed by atoms with E-state index in [0.29, 0.717) is 5.56 Å². The van der Waals surface area contributed by atoms with Crippen molar-refractivity contribution in [3.8, 4) is 0 Å². The normalized spacial score (nSPS) is 13.6. The van der Waals surface area contributed by atoms with Crippen molar-refractivity contribution in [1.29, 1.82) is 0 Å². The Labute approximate surface area is 97.8 Å². The smallest absolute Gasteiger partial charge is 0.167 e. The summed E-state index contributed by atoms with van der Waals surface area (Å²) < 4.78 is 15.4. The first kappa shape index (κ1) is 11.2. The summed E-state index contributed by atoms with van der Waals surface area (Å²) in [6, 6.07) is 9.19. The summed E-state index contributed by atoms with van der Waals surface area (Å²) in [5, 5.41) is 11.8. The van der Waals surface area contributed by atoms with Crippen LogP contribution in [0.15, 0.2) is 53.9 Å². The fraction of sp³-hybridized carbons (Fsp3) is 0.0833. The maximum Gasteiger partial charge on any atom is 0.167 e. The van der Waals surface area contributed by atoms with Gasteiger partial charge in [0.15, 0.2) is 5.84 Å². The van der Waals surface area contributed by atoms with Gasteiger partial charge in [-0.3, -0.25) is 0 Å². The number of nitrogens with zero attached hydrogens (tertiary/aromatic N) is 2. The van der Waals surface area contributed by atoms with E-state index in [1.54, 1.807) is 47.3 Å². The standard InChI is InChI=1S/C12H12FN3O/c13-10-6-2-1-5-9(10)11(12(14)15-17)16-7-3-4-8-16/h1-8,11,17H,(H2,14,15). The van der Waals surface area contributed by atoms with Crippen LogP contribution < -0.4 is 5.73 Å². The van der Waals surface area contributed by atoms with Gasteiger partial charge in [0.05, 0.1) is 0 Å². The minimum atomic E-state index is -0.642. The van der Waals surface area contributed by atoms with E-state index in [-0.39, 0.29) is 5.84 Å². The van der Waals surface area contributed by atoms with Crippen molar-refractivity contribution in [2.24, 2.45) is 10.9 Å². The van der Waals surface area contributed by atoms with Gasteiger partial charge in [0, 0.05) is 18.0 Å². The number of hydrogen-bond donors (Lipinski definition) is 2. The predicted molar refractivity (Wildman–Crippen MR) is 62.4 cm³/mol. The lowest BCUT2D eigenvalue weighted by molar-refractivity contribution is 0.315. The van der Waals surface area contributed by atoms with Crippen LogP contribution in [0.1, 0.15) is 11.6 Å². The van der Waals surface area contributed by atoms with Crippen molar-refractivity contribution in [3.05, 3.63) is 60.2 Å². The third-order valence-corrected chi connectivity index (χ3v) is 2.52. The Kier molecular flexibility index (Phi) is 3.09. The molecule has 17 heavy (non-hydrogen) atoms. The van der Waals surface area contributed by atoms with Crippen LogP contribution in [0.3, 0.4) is 0 Å². The number of halogens is 1. The maximum atomic E-state index is 13.7. The molecule has 0 aliphatic carbocycles. The van der Waals surface area contributed by atoms with Crippen molar-refractivity contribution in [2.45, 2.75) is 6.04 Å². The molecule has 0 radical (unpaired) electrons. The van der Waals surface area contributed by atoms with Gasteiger partial charge >= 0.3 is 0 Å². The highest BCUT2D eigenvalue weighted by atomic mass is 19.1. The number of aromatic nitrogens is 1. The van der Waals surface area contributed by atoms with Gasteiger partial charge < -0.3 is 15.5 Å². The first-order valence-corrected chi connectivity index (χ1v) is 5.08. The molecule has 1 aromatic heterocycles. The molecule has 1 aromatic carbocycles. The highest BCUT2D eigenvalue weighted by molar-refractivity contribution is 5.86. The molecule has 0 fully saturated rings. The molecule has 0 amide bonds. The Morgan fingerprint density at radius 2 is 1.88 bits per heavy atom. The van der Waals surface area contributed by atoms with E-state index < -0.39 is 11.9 Å². The highest BCUT2D eigenvalue weighted by Crippen LogP contribution is 2.21. The molecular formula is C12H12FN3O. The van der Waals surface area contributed by atoms with Gasteiger partial charge in [-0.2, -0.15) is 0 Å². The van der Waals surface area contributed by atoms with Gasteiger partial charge in [-0.1, -0.05) is 23.4 Å². The third-order valence-electron chi connectivity index (χ3n) is 2.52. The van der Waals surface area contributed by atoms with E-state index in [0.717, 1.165) is 0 Å². The Bertz CT molecular complexity index is 522. The second kappa shape index (κ2) is 4.69. The Morgan fingerprint density at radius 1 is 1.24 bits per heavy atom. The molecule has 0 aliphatic heterocycles. The number of benzene rings is 1. The second-order valence-electron chi connectivity index (χ2n) is 3.58. The average Bonchev–Trinajstić information content (AvgIpc) is 2.85. The minimum Gasteiger partial charge on any atom is -0.409 e. The molecule has 0 spiro atoms. The van der Waals surface area contributed by atoms with Crippen LogP contribution in [0.25, 0.3) is 0 Å².